The monoisotopic (exact) mass is 266 g/mol. The molecule has 0 saturated heterocycles. The average molecular weight is 266 g/mol. The fourth-order valence-corrected chi connectivity index (χ4v) is 1.05. The van der Waals surface area contributed by atoms with E-state index in [0.717, 1.165) is 0 Å². The summed E-state index contributed by atoms with van der Waals surface area (Å²) in [7, 11) is 0. The molecule has 0 atom stereocenters. The van der Waals surface area contributed by atoms with Gasteiger partial charge in [-0.2, -0.15) is 9.98 Å². The van der Waals surface area contributed by atoms with Crippen molar-refractivity contribution in [3.63, 3.8) is 0 Å². The zero-order chi connectivity index (χ0) is 13.8. The van der Waals surface area contributed by atoms with E-state index in [0.29, 0.717) is 0 Å². The Bertz CT molecular complexity index is 570. The second-order valence-corrected chi connectivity index (χ2v) is 2.91. The molecule has 2 heterocycles. The van der Waals surface area contributed by atoms with Gasteiger partial charge in [0.05, 0.1) is 6.42 Å². The van der Waals surface area contributed by atoms with E-state index in [1.807, 2.05) is 0 Å². The summed E-state index contributed by atoms with van der Waals surface area (Å²) in [5.41, 5.74) is 0. The predicted molar refractivity (Wildman–Crippen MR) is 58.1 cm³/mol. The van der Waals surface area contributed by atoms with Crippen molar-refractivity contribution < 1.29 is 10.1 Å². The Hall–Kier alpha value is -3.32. The van der Waals surface area contributed by atoms with Crippen molar-refractivity contribution in [2.24, 2.45) is 40.6 Å². The van der Waals surface area contributed by atoms with E-state index >= 15 is 0 Å². The number of hydrogen-bond donors (Lipinski definition) is 0. The highest BCUT2D eigenvalue weighted by atomic mass is 16.7. The molecule has 0 amide bonds. The summed E-state index contributed by atoms with van der Waals surface area (Å²) >= 11 is 0. The van der Waals surface area contributed by atoms with Gasteiger partial charge in [-0.25, -0.2) is 20.2 Å². The van der Waals surface area contributed by atoms with Crippen molar-refractivity contribution in [2.45, 2.75) is 6.42 Å². The minimum atomic E-state index is -0.963. The maximum atomic E-state index is 10.1. The fraction of sp³-hybridized carbons (Fsp3) is 0.200. The van der Waals surface area contributed by atoms with Gasteiger partial charge in [0.25, 0.3) is 0 Å². The van der Waals surface area contributed by atoms with Gasteiger partial charge in [0.1, 0.15) is 10.2 Å². The molecule has 0 fully saturated rings. The Morgan fingerprint density at radius 2 is 1.26 bits per heavy atom. The van der Waals surface area contributed by atoms with Crippen LogP contribution in [0.5, 0.6) is 0 Å². The lowest BCUT2D eigenvalue weighted by atomic mass is 10.4. The quantitative estimate of drug-likeness (QED) is 0.519. The molecule has 96 valence electrons. The number of rotatable bonds is 4. The summed E-state index contributed by atoms with van der Waals surface area (Å²) in [5, 5.41) is 37.5. The number of guanidine groups is 2. The number of nitrogens with zero attached hydrogens (tertiary/aromatic N) is 10. The van der Waals surface area contributed by atoms with Gasteiger partial charge in [-0.1, -0.05) is 0 Å². The highest BCUT2D eigenvalue weighted by Gasteiger charge is 2.19. The highest BCUT2D eigenvalue weighted by Crippen LogP contribution is 2.09. The van der Waals surface area contributed by atoms with Crippen LogP contribution in [0.2, 0.25) is 0 Å². The minimum Gasteiger partial charge on any atom is -0.233 e. The molecule has 19 heavy (non-hydrogen) atoms. The molecule has 0 radical (unpaired) electrons. The van der Waals surface area contributed by atoms with Crippen molar-refractivity contribution >= 4 is 23.6 Å². The van der Waals surface area contributed by atoms with Crippen LogP contribution in [0, 0.1) is 20.2 Å². The summed E-state index contributed by atoms with van der Waals surface area (Å²) < 4.78 is 0. The van der Waals surface area contributed by atoms with Crippen LogP contribution in [0.1, 0.15) is 6.42 Å². The minimum absolute atomic E-state index is 0.0551. The van der Waals surface area contributed by atoms with Crippen molar-refractivity contribution in [3.8, 4) is 0 Å². The summed E-state index contributed by atoms with van der Waals surface area (Å²) in [5.74, 6) is -0.675. The maximum absolute atomic E-state index is 10.1. The fourth-order valence-electron chi connectivity index (χ4n) is 1.05. The average Bonchev–Trinajstić information content (AvgIpc) is 2.88. The molecule has 0 aromatic rings. The zero-order valence-electron chi connectivity index (χ0n) is 8.81. The second-order valence-electron chi connectivity index (χ2n) is 2.91. The molecular formula is C5H2N10O4. The van der Waals surface area contributed by atoms with Crippen LogP contribution in [0.25, 0.3) is 0 Å². The van der Waals surface area contributed by atoms with Crippen LogP contribution in [0.15, 0.2) is 40.6 Å². The summed E-state index contributed by atoms with van der Waals surface area (Å²) in [6.07, 6.45) is -0.0551. The van der Waals surface area contributed by atoms with E-state index in [1.54, 1.807) is 0 Å². The van der Waals surface area contributed by atoms with Gasteiger partial charge >= 0.3 is 11.9 Å². The third-order valence-electron chi connectivity index (χ3n) is 1.63. The van der Waals surface area contributed by atoms with E-state index in [2.05, 4.69) is 40.6 Å². The summed E-state index contributed by atoms with van der Waals surface area (Å²) in [4.78, 5) is 27.4. The van der Waals surface area contributed by atoms with Crippen LogP contribution in [0.3, 0.4) is 0 Å². The molecule has 14 nitrogen and oxygen atoms in total. The van der Waals surface area contributed by atoms with Crippen LogP contribution >= 0.6 is 0 Å². The topological polar surface area (TPSA) is 185 Å². The predicted octanol–water partition coefficient (Wildman–Crippen LogP) is 0.200. The molecule has 0 aromatic carbocycles. The lowest BCUT2D eigenvalue weighted by Gasteiger charge is -1.88. The first kappa shape index (κ1) is 12.1. The standard InChI is InChI=1S/C5H2N10O4/c16-14(17)12-4-6-2(8-10-4)1-3-7-5(11-9-3)13-15(18)19/h1H2. The number of nitro groups is 2. The van der Waals surface area contributed by atoms with Crippen molar-refractivity contribution in [2.75, 3.05) is 0 Å². The van der Waals surface area contributed by atoms with Gasteiger partial charge in [0.2, 0.25) is 0 Å². The SMILES string of the molecule is O=[N+]([O-])N=C1N=NC(CC2=NC(=N[N+](=O)[O-])N=N2)=N1. The van der Waals surface area contributed by atoms with E-state index in [4.69, 9.17) is 0 Å². The molecule has 0 saturated carbocycles. The van der Waals surface area contributed by atoms with E-state index < -0.39 is 22.0 Å². The van der Waals surface area contributed by atoms with Crippen molar-refractivity contribution in [3.05, 3.63) is 20.2 Å². The summed E-state index contributed by atoms with van der Waals surface area (Å²) in [6, 6.07) is 0. The Morgan fingerprint density at radius 1 is 0.842 bits per heavy atom. The maximum Gasteiger partial charge on any atom is 0.341 e. The number of azo groups is 2. The van der Waals surface area contributed by atoms with Gasteiger partial charge in [0, 0.05) is 0 Å². The molecule has 0 unspecified atom stereocenters. The van der Waals surface area contributed by atoms with Crippen molar-refractivity contribution in [1.29, 1.82) is 0 Å². The number of amidine groups is 2. The molecule has 0 spiro atoms. The number of aliphatic imine (C=N–C) groups is 2. The summed E-state index contributed by atoms with van der Waals surface area (Å²) in [6.45, 7) is 0. The molecule has 2 aliphatic heterocycles. The van der Waals surface area contributed by atoms with Crippen molar-refractivity contribution in [1.82, 2.24) is 0 Å². The first-order chi connectivity index (χ1) is 9.02. The largest absolute Gasteiger partial charge is 0.341 e. The first-order valence-corrected chi connectivity index (χ1v) is 4.47. The van der Waals surface area contributed by atoms with E-state index in [-0.39, 0.29) is 18.1 Å². The third kappa shape index (κ3) is 3.32. The van der Waals surface area contributed by atoms with Gasteiger partial charge < -0.3 is 0 Å². The van der Waals surface area contributed by atoms with Gasteiger partial charge in [0.15, 0.2) is 21.7 Å². The normalized spacial score (nSPS) is 21.1. The molecule has 0 bridgehead atoms. The van der Waals surface area contributed by atoms with Crippen LogP contribution in [0.4, 0.5) is 0 Å². The molecule has 2 aliphatic rings. The number of hydrogen-bond acceptors (Lipinski definition) is 6. The highest BCUT2D eigenvalue weighted by molar-refractivity contribution is 6.13. The lowest BCUT2D eigenvalue weighted by molar-refractivity contribution is -0.485. The second kappa shape index (κ2) is 4.90. The van der Waals surface area contributed by atoms with Gasteiger partial charge in [-0.15, -0.1) is 20.5 Å². The lowest BCUT2D eigenvalue weighted by Crippen LogP contribution is -2.01. The molecule has 14 heteroatoms. The Balaban J connectivity index is 2.06. The van der Waals surface area contributed by atoms with Crippen LogP contribution in [-0.4, -0.2) is 33.7 Å². The molecular weight excluding hydrogens is 264 g/mol. The Kier molecular flexibility index (Phi) is 3.13. The van der Waals surface area contributed by atoms with E-state index in [1.165, 1.54) is 0 Å². The van der Waals surface area contributed by atoms with Crippen LogP contribution < -0.4 is 0 Å². The molecule has 0 aromatic heterocycles. The number of hydrazone groups is 2. The van der Waals surface area contributed by atoms with Gasteiger partial charge in [-0.3, -0.25) is 0 Å². The third-order valence-corrected chi connectivity index (χ3v) is 1.63. The first-order valence-electron chi connectivity index (χ1n) is 4.47. The van der Waals surface area contributed by atoms with Crippen LogP contribution in [-0.2, 0) is 0 Å². The smallest absolute Gasteiger partial charge is 0.233 e. The Morgan fingerprint density at radius 3 is 1.63 bits per heavy atom. The van der Waals surface area contributed by atoms with Gasteiger partial charge in [-0.05, 0) is 0 Å². The Labute approximate surface area is 102 Å². The van der Waals surface area contributed by atoms with E-state index in [9.17, 15) is 20.2 Å². The molecule has 2 rings (SSSR count). The molecule has 0 N–H and O–H groups in total. The zero-order valence-corrected chi connectivity index (χ0v) is 8.81. The molecule has 0 aliphatic carbocycles.